The minimum atomic E-state index is -0.269. The fourth-order valence-corrected chi connectivity index (χ4v) is 2.90. The number of amides is 1. The molecule has 140 valence electrons. The second kappa shape index (κ2) is 8.81. The molecule has 27 heavy (non-hydrogen) atoms. The lowest BCUT2D eigenvalue weighted by molar-refractivity contribution is -0.123. The van der Waals surface area contributed by atoms with Crippen LogP contribution in [0.25, 0.3) is 11.4 Å². The second-order valence-electron chi connectivity index (χ2n) is 6.29. The van der Waals surface area contributed by atoms with Crippen molar-refractivity contribution in [3.8, 4) is 17.1 Å². The van der Waals surface area contributed by atoms with Gasteiger partial charge in [0, 0.05) is 5.56 Å². The minimum absolute atomic E-state index is 0.0979. The number of ether oxygens (including phenoxy) is 1. The van der Waals surface area contributed by atoms with Crippen LogP contribution < -0.4 is 10.1 Å². The summed E-state index contributed by atoms with van der Waals surface area (Å²) in [5, 5.41) is 6.62. The maximum absolute atomic E-state index is 12.0. The Kier molecular flexibility index (Phi) is 6.24. The van der Waals surface area contributed by atoms with E-state index in [1.807, 2.05) is 48.5 Å². The van der Waals surface area contributed by atoms with Crippen LogP contribution in [-0.4, -0.2) is 22.7 Å². The first-order valence-electron chi connectivity index (χ1n) is 8.60. The topological polar surface area (TPSA) is 77.2 Å². The van der Waals surface area contributed by atoms with Gasteiger partial charge in [-0.15, -0.1) is 0 Å². The molecule has 0 saturated heterocycles. The summed E-state index contributed by atoms with van der Waals surface area (Å²) in [7, 11) is 0. The van der Waals surface area contributed by atoms with E-state index in [-0.39, 0.29) is 19.1 Å². The van der Waals surface area contributed by atoms with Gasteiger partial charge in [-0.25, -0.2) is 0 Å². The number of carbonyl (C=O) groups is 1. The van der Waals surface area contributed by atoms with Crippen molar-refractivity contribution >= 4 is 21.8 Å². The first-order valence-corrected chi connectivity index (χ1v) is 9.39. The van der Waals surface area contributed by atoms with E-state index in [1.165, 1.54) is 5.56 Å². The zero-order valence-electron chi connectivity index (χ0n) is 15.1. The van der Waals surface area contributed by atoms with Gasteiger partial charge in [0.2, 0.25) is 11.7 Å². The minimum Gasteiger partial charge on any atom is -0.483 e. The Labute approximate surface area is 166 Å². The summed E-state index contributed by atoms with van der Waals surface area (Å²) >= 11 is 3.48. The highest BCUT2D eigenvalue weighted by molar-refractivity contribution is 9.10. The van der Waals surface area contributed by atoms with E-state index >= 15 is 0 Å². The van der Waals surface area contributed by atoms with Gasteiger partial charge in [-0.2, -0.15) is 4.98 Å². The van der Waals surface area contributed by atoms with E-state index in [4.69, 9.17) is 9.26 Å². The van der Waals surface area contributed by atoms with Gasteiger partial charge >= 0.3 is 0 Å². The van der Waals surface area contributed by atoms with E-state index in [0.717, 1.165) is 10.0 Å². The van der Waals surface area contributed by atoms with Gasteiger partial charge in [0.05, 0.1) is 11.0 Å². The fraction of sp³-hybridized carbons (Fsp3) is 0.250. The van der Waals surface area contributed by atoms with Gasteiger partial charge in [-0.1, -0.05) is 55.4 Å². The molecule has 0 aliphatic rings. The summed E-state index contributed by atoms with van der Waals surface area (Å²) in [4.78, 5) is 16.3. The first-order chi connectivity index (χ1) is 13.0. The average Bonchev–Trinajstić information content (AvgIpc) is 3.15. The lowest BCUT2D eigenvalue weighted by atomic mass is 10.0. The molecule has 1 amide bonds. The smallest absolute Gasteiger partial charge is 0.258 e. The Balaban J connectivity index is 1.50. The molecule has 0 fully saturated rings. The van der Waals surface area contributed by atoms with Crippen molar-refractivity contribution in [3.05, 3.63) is 64.5 Å². The molecule has 3 rings (SSSR count). The summed E-state index contributed by atoms with van der Waals surface area (Å²) in [6.45, 7) is 4.29. The number of aromatic nitrogens is 2. The number of hydrogen-bond acceptors (Lipinski definition) is 5. The SMILES string of the molecule is CC(C)c1ccc(OCC(=O)NCc2nc(-c3ccccc3)no2)c(Br)c1. The number of nitrogens with zero attached hydrogens (tertiary/aromatic N) is 2. The molecule has 1 aromatic heterocycles. The summed E-state index contributed by atoms with van der Waals surface area (Å²) in [6.07, 6.45) is 0. The monoisotopic (exact) mass is 429 g/mol. The van der Waals surface area contributed by atoms with Crippen LogP contribution in [0.5, 0.6) is 5.75 Å². The van der Waals surface area contributed by atoms with Crippen LogP contribution in [0.15, 0.2) is 57.5 Å². The maximum Gasteiger partial charge on any atom is 0.258 e. The number of benzene rings is 2. The van der Waals surface area contributed by atoms with Gasteiger partial charge < -0.3 is 14.6 Å². The van der Waals surface area contributed by atoms with Crippen LogP contribution in [0.4, 0.5) is 0 Å². The molecule has 3 aromatic rings. The quantitative estimate of drug-likeness (QED) is 0.604. The third-order valence-corrected chi connectivity index (χ3v) is 4.54. The van der Waals surface area contributed by atoms with Crippen LogP contribution in [0.2, 0.25) is 0 Å². The molecule has 0 atom stereocenters. The molecule has 0 aliphatic carbocycles. The van der Waals surface area contributed by atoms with E-state index in [9.17, 15) is 4.79 Å². The number of hydrogen-bond donors (Lipinski definition) is 1. The predicted molar refractivity (Wildman–Crippen MR) is 105 cm³/mol. The normalized spacial score (nSPS) is 10.8. The zero-order valence-corrected chi connectivity index (χ0v) is 16.7. The summed E-state index contributed by atoms with van der Waals surface area (Å²) < 4.78 is 11.6. The third-order valence-electron chi connectivity index (χ3n) is 3.92. The zero-order chi connectivity index (χ0) is 19.2. The fourth-order valence-electron chi connectivity index (χ4n) is 2.39. The van der Waals surface area contributed by atoms with Crippen molar-refractivity contribution in [2.75, 3.05) is 6.61 Å². The Morgan fingerprint density at radius 1 is 1.22 bits per heavy atom. The molecule has 6 nitrogen and oxygen atoms in total. The van der Waals surface area contributed by atoms with Crippen molar-refractivity contribution in [1.82, 2.24) is 15.5 Å². The van der Waals surface area contributed by atoms with Crippen LogP contribution in [-0.2, 0) is 11.3 Å². The van der Waals surface area contributed by atoms with E-state index in [0.29, 0.717) is 23.4 Å². The highest BCUT2D eigenvalue weighted by atomic mass is 79.9. The van der Waals surface area contributed by atoms with Crippen molar-refractivity contribution in [2.24, 2.45) is 0 Å². The van der Waals surface area contributed by atoms with Crippen LogP contribution in [0, 0.1) is 0 Å². The van der Waals surface area contributed by atoms with Crippen LogP contribution >= 0.6 is 15.9 Å². The van der Waals surface area contributed by atoms with E-state index < -0.39 is 0 Å². The van der Waals surface area contributed by atoms with Gasteiger partial charge in [-0.05, 0) is 39.5 Å². The molecule has 0 aliphatic heterocycles. The van der Waals surface area contributed by atoms with Crippen molar-refractivity contribution in [3.63, 3.8) is 0 Å². The van der Waals surface area contributed by atoms with Crippen molar-refractivity contribution in [1.29, 1.82) is 0 Å². The number of carbonyl (C=O) groups excluding carboxylic acids is 1. The average molecular weight is 430 g/mol. The van der Waals surface area contributed by atoms with Crippen LogP contribution in [0.1, 0.15) is 31.2 Å². The molecule has 1 heterocycles. The molecule has 0 saturated carbocycles. The highest BCUT2D eigenvalue weighted by Gasteiger charge is 2.11. The Bertz CT molecular complexity index is 910. The summed E-state index contributed by atoms with van der Waals surface area (Å²) in [5.41, 5.74) is 2.06. The number of nitrogens with one attached hydrogen (secondary N) is 1. The highest BCUT2D eigenvalue weighted by Crippen LogP contribution is 2.28. The summed E-state index contributed by atoms with van der Waals surface area (Å²) in [6, 6.07) is 15.4. The third kappa shape index (κ3) is 5.17. The Hall–Kier alpha value is -2.67. The van der Waals surface area contributed by atoms with Gasteiger partial charge in [0.25, 0.3) is 5.91 Å². The lowest BCUT2D eigenvalue weighted by Crippen LogP contribution is -2.28. The molecule has 7 heteroatoms. The van der Waals surface area contributed by atoms with Crippen LogP contribution in [0.3, 0.4) is 0 Å². The van der Waals surface area contributed by atoms with Gasteiger partial charge in [0.15, 0.2) is 6.61 Å². The second-order valence-corrected chi connectivity index (χ2v) is 7.14. The van der Waals surface area contributed by atoms with Crippen molar-refractivity contribution < 1.29 is 14.1 Å². The molecule has 0 spiro atoms. The predicted octanol–water partition coefficient (Wildman–Crippen LogP) is 4.32. The molecule has 2 aromatic carbocycles. The molecule has 0 bridgehead atoms. The Morgan fingerprint density at radius 2 is 2.00 bits per heavy atom. The van der Waals surface area contributed by atoms with E-state index in [2.05, 4.69) is 45.2 Å². The van der Waals surface area contributed by atoms with Gasteiger partial charge in [-0.3, -0.25) is 4.79 Å². The van der Waals surface area contributed by atoms with Crippen molar-refractivity contribution in [2.45, 2.75) is 26.3 Å². The van der Waals surface area contributed by atoms with E-state index in [1.54, 1.807) is 0 Å². The lowest BCUT2D eigenvalue weighted by Gasteiger charge is -2.11. The molecule has 0 radical (unpaired) electrons. The first kappa shape index (κ1) is 19.1. The maximum atomic E-state index is 12.0. The largest absolute Gasteiger partial charge is 0.483 e. The Morgan fingerprint density at radius 3 is 2.70 bits per heavy atom. The summed E-state index contributed by atoms with van der Waals surface area (Å²) in [5.74, 6) is 1.61. The van der Waals surface area contributed by atoms with Gasteiger partial charge in [0.1, 0.15) is 5.75 Å². The standard InChI is InChI=1S/C20H20BrN3O3/c1-13(2)15-8-9-17(16(21)10-15)26-12-18(25)22-11-19-23-20(24-27-19)14-6-4-3-5-7-14/h3-10,13H,11-12H2,1-2H3,(H,22,25). The molecule has 1 N–H and O–H groups in total. The number of halogens is 1. The molecule has 0 unspecified atom stereocenters. The molecular weight excluding hydrogens is 410 g/mol. The number of rotatable bonds is 7. The molecular formula is C20H20BrN3O3.